The van der Waals surface area contributed by atoms with Gasteiger partial charge in [-0.3, -0.25) is 9.59 Å². The lowest BCUT2D eigenvalue weighted by Gasteiger charge is -2.24. The lowest BCUT2D eigenvalue weighted by Crippen LogP contribution is -2.40. The Morgan fingerprint density at radius 2 is 1.61 bits per heavy atom. The van der Waals surface area contributed by atoms with E-state index in [1.54, 1.807) is 0 Å². The summed E-state index contributed by atoms with van der Waals surface area (Å²) in [6.45, 7) is 2.57. The van der Waals surface area contributed by atoms with Crippen LogP contribution in [0.5, 0.6) is 0 Å². The fraction of sp³-hybridized carbons (Fsp3) is 0.706. The van der Waals surface area contributed by atoms with Crippen molar-refractivity contribution in [3.8, 4) is 0 Å². The van der Waals surface area contributed by atoms with Crippen LogP contribution in [0.15, 0.2) is 0 Å². The van der Waals surface area contributed by atoms with Gasteiger partial charge in [0.1, 0.15) is 19.8 Å². The average molecular weight is 406 g/mol. The van der Waals surface area contributed by atoms with Crippen molar-refractivity contribution in [1.29, 1.82) is 0 Å². The van der Waals surface area contributed by atoms with Crippen molar-refractivity contribution >= 4 is 29.7 Å². The van der Waals surface area contributed by atoms with E-state index in [-0.39, 0.29) is 13.0 Å². The maximum atomic E-state index is 12.0. The van der Waals surface area contributed by atoms with Crippen LogP contribution < -0.4 is 0 Å². The minimum absolute atomic E-state index is 0.0350. The van der Waals surface area contributed by atoms with Gasteiger partial charge in [-0.15, -0.1) is 0 Å². The van der Waals surface area contributed by atoms with E-state index in [4.69, 9.17) is 19.3 Å². The summed E-state index contributed by atoms with van der Waals surface area (Å²) in [5.41, 5.74) is 0. The standard InChI is InChI=1S/C17H27NO10/c1-6-12(14(21)22)27-13(20)7-9-25-16(24)17(28-15(23)11(2)19)26-10-8-18(3,4)5/h12,17H,6-10H2,1-5H3/p+1. The second-order valence-electron chi connectivity index (χ2n) is 6.82. The molecule has 0 aliphatic heterocycles. The van der Waals surface area contributed by atoms with Crippen LogP contribution in [0.2, 0.25) is 0 Å². The number of carbonyl (C=O) groups excluding carboxylic acids is 4. The number of ether oxygens (including phenoxy) is 4. The zero-order chi connectivity index (χ0) is 21.9. The van der Waals surface area contributed by atoms with E-state index >= 15 is 0 Å². The summed E-state index contributed by atoms with van der Waals surface area (Å²) in [5.74, 6) is -5.44. The first-order valence-electron chi connectivity index (χ1n) is 8.60. The van der Waals surface area contributed by atoms with Crippen LogP contribution in [0.1, 0.15) is 26.7 Å². The minimum atomic E-state index is -1.76. The summed E-state index contributed by atoms with van der Waals surface area (Å²) in [5, 5.41) is 8.82. The van der Waals surface area contributed by atoms with Crippen molar-refractivity contribution in [3.05, 3.63) is 0 Å². The molecule has 0 aliphatic rings. The van der Waals surface area contributed by atoms with Crippen molar-refractivity contribution < 1.29 is 52.5 Å². The molecule has 0 saturated carbocycles. The van der Waals surface area contributed by atoms with Gasteiger partial charge in [-0.05, 0) is 6.42 Å². The molecule has 0 saturated heterocycles. The number of nitrogens with zero attached hydrogens (tertiary/aromatic N) is 1. The monoisotopic (exact) mass is 406 g/mol. The molecule has 0 bridgehead atoms. The van der Waals surface area contributed by atoms with Gasteiger partial charge < -0.3 is 28.5 Å². The van der Waals surface area contributed by atoms with E-state index in [2.05, 4.69) is 4.74 Å². The number of esters is 3. The van der Waals surface area contributed by atoms with E-state index in [9.17, 15) is 24.0 Å². The average Bonchev–Trinajstić information content (AvgIpc) is 2.56. The molecule has 0 spiro atoms. The number of Topliss-reactive ketones (excluding diaryl/α,β-unsaturated/α-hetero) is 1. The summed E-state index contributed by atoms with van der Waals surface area (Å²) in [6, 6.07) is 0. The van der Waals surface area contributed by atoms with Crippen LogP contribution in [0.3, 0.4) is 0 Å². The molecule has 0 heterocycles. The molecule has 2 unspecified atom stereocenters. The van der Waals surface area contributed by atoms with E-state index in [0.29, 0.717) is 11.0 Å². The highest BCUT2D eigenvalue weighted by atomic mass is 16.7. The normalized spacial score (nSPS) is 13.2. The van der Waals surface area contributed by atoms with Crippen molar-refractivity contribution in [1.82, 2.24) is 0 Å². The molecule has 0 amide bonds. The van der Waals surface area contributed by atoms with Crippen LogP contribution in [0, 0.1) is 0 Å². The predicted octanol–water partition coefficient (Wildman–Crippen LogP) is -0.493. The molecule has 28 heavy (non-hydrogen) atoms. The van der Waals surface area contributed by atoms with E-state index in [1.165, 1.54) is 6.92 Å². The fourth-order valence-corrected chi connectivity index (χ4v) is 1.59. The second kappa shape index (κ2) is 12.0. The van der Waals surface area contributed by atoms with Gasteiger partial charge >= 0.3 is 30.2 Å². The van der Waals surface area contributed by atoms with Crippen molar-refractivity contribution in [3.63, 3.8) is 0 Å². The van der Waals surface area contributed by atoms with E-state index in [0.717, 1.165) is 6.92 Å². The Hall–Kier alpha value is -2.53. The van der Waals surface area contributed by atoms with E-state index < -0.39 is 55.1 Å². The van der Waals surface area contributed by atoms with Gasteiger partial charge in [0.25, 0.3) is 0 Å². The van der Waals surface area contributed by atoms with Crippen LogP contribution in [-0.2, 0) is 42.9 Å². The Balaban J connectivity index is 4.64. The Bertz CT molecular complexity index is 581. The van der Waals surface area contributed by atoms with Gasteiger partial charge in [0.15, 0.2) is 6.10 Å². The topological polar surface area (TPSA) is 142 Å². The molecule has 11 nitrogen and oxygen atoms in total. The SMILES string of the molecule is CCC(OC(=O)CCOC(=O)C(OCC[N+](C)(C)C)OC(=O)C(C)=O)C(=O)O. The third kappa shape index (κ3) is 11.2. The number of rotatable bonds is 13. The quantitative estimate of drug-likeness (QED) is 0.140. The number of ketones is 1. The molecule has 11 heteroatoms. The maximum Gasteiger partial charge on any atom is 0.377 e. The third-order valence-corrected chi connectivity index (χ3v) is 3.20. The molecule has 0 aromatic rings. The highest BCUT2D eigenvalue weighted by molar-refractivity contribution is 6.32. The first-order chi connectivity index (χ1) is 12.9. The van der Waals surface area contributed by atoms with Gasteiger partial charge in [-0.2, -0.15) is 0 Å². The second-order valence-corrected chi connectivity index (χ2v) is 6.82. The summed E-state index contributed by atoms with van der Waals surface area (Å²) < 4.78 is 19.9. The number of quaternary nitrogens is 1. The Labute approximate surface area is 163 Å². The summed E-state index contributed by atoms with van der Waals surface area (Å²) in [7, 11) is 5.64. The minimum Gasteiger partial charge on any atom is -0.479 e. The van der Waals surface area contributed by atoms with Gasteiger partial charge in [-0.25, -0.2) is 14.4 Å². The lowest BCUT2D eigenvalue weighted by atomic mass is 10.3. The first-order valence-corrected chi connectivity index (χ1v) is 8.60. The van der Waals surface area contributed by atoms with Crippen molar-refractivity contribution in [2.24, 2.45) is 0 Å². The summed E-state index contributed by atoms with van der Waals surface area (Å²) in [4.78, 5) is 56.9. The van der Waals surface area contributed by atoms with Crippen LogP contribution >= 0.6 is 0 Å². The first kappa shape index (κ1) is 25.5. The number of likely N-dealkylation sites (N-methyl/N-ethyl adjacent to an activating group) is 1. The molecule has 160 valence electrons. The van der Waals surface area contributed by atoms with Crippen molar-refractivity contribution in [2.75, 3.05) is 40.9 Å². The van der Waals surface area contributed by atoms with Crippen LogP contribution in [-0.4, -0.2) is 92.5 Å². The van der Waals surface area contributed by atoms with E-state index in [1.807, 2.05) is 21.1 Å². The van der Waals surface area contributed by atoms with Crippen LogP contribution in [0.4, 0.5) is 0 Å². The molecular formula is C17H28NO10+. The zero-order valence-corrected chi connectivity index (χ0v) is 16.8. The molecule has 0 radical (unpaired) electrons. The molecule has 2 atom stereocenters. The van der Waals surface area contributed by atoms with Gasteiger partial charge in [0.05, 0.1) is 27.6 Å². The Kier molecular flexibility index (Phi) is 10.9. The summed E-state index contributed by atoms with van der Waals surface area (Å²) >= 11 is 0. The summed E-state index contributed by atoms with van der Waals surface area (Å²) in [6.07, 6.45) is -3.36. The number of aliphatic carboxylic acids is 1. The number of carboxylic acids is 1. The highest BCUT2D eigenvalue weighted by Gasteiger charge is 2.28. The molecular weight excluding hydrogens is 378 g/mol. The molecule has 0 aliphatic carbocycles. The smallest absolute Gasteiger partial charge is 0.377 e. The number of hydrogen-bond donors (Lipinski definition) is 1. The maximum absolute atomic E-state index is 12.0. The Morgan fingerprint density at radius 1 is 1.00 bits per heavy atom. The molecule has 1 N–H and O–H groups in total. The third-order valence-electron chi connectivity index (χ3n) is 3.20. The van der Waals surface area contributed by atoms with Gasteiger partial charge in [-0.1, -0.05) is 6.92 Å². The Morgan fingerprint density at radius 3 is 2.07 bits per heavy atom. The zero-order valence-electron chi connectivity index (χ0n) is 16.8. The van der Waals surface area contributed by atoms with Crippen molar-refractivity contribution in [2.45, 2.75) is 39.1 Å². The number of hydrogen-bond acceptors (Lipinski definition) is 9. The molecule has 0 aromatic heterocycles. The van der Waals surface area contributed by atoms with Gasteiger partial charge in [0, 0.05) is 6.92 Å². The molecule has 0 fully saturated rings. The number of carboxylic acid groups (broad SMARTS) is 1. The molecule has 0 aromatic carbocycles. The van der Waals surface area contributed by atoms with Gasteiger partial charge in [0.2, 0.25) is 5.78 Å². The fourth-order valence-electron chi connectivity index (χ4n) is 1.59. The molecule has 0 rings (SSSR count). The number of carbonyl (C=O) groups is 5. The predicted molar refractivity (Wildman–Crippen MR) is 92.8 cm³/mol. The highest BCUT2D eigenvalue weighted by Crippen LogP contribution is 2.04. The largest absolute Gasteiger partial charge is 0.479 e. The lowest BCUT2D eigenvalue weighted by molar-refractivity contribution is -0.870. The van der Waals surface area contributed by atoms with Crippen LogP contribution in [0.25, 0.3) is 0 Å².